The normalized spacial score (nSPS) is 23.2. The third-order valence-corrected chi connectivity index (χ3v) is 7.46. The Morgan fingerprint density at radius 1 is 1.09 bits per heavy atom. The van der Waals surface area contributed by atoms with Crippen molar-refractivity contribution in [2.75, 3.05) is 26.0 Å². The van der Waals surface area contributed by atoms with Crippen LogP contribution in [0.4, 0.5) is 9.18 Å². The Kier molecular flexibility index (Phi) is 7.86. The number of rotatable bonds is 5. The highest BCUT2D eigenvalue weighted by atomic mass is 32.2. The Morgan fingerprint density at radius 3 is 2.25 bits per heavy atom. The van der Waals surface area contributed by atoms with Crippen molar-refractivity contribution in [1.29, 1.82) is 0 Å². The quantitative estimate of drug-likeness (QED) is 0.612. The van der Waals surface area contributed by atoms with Crippen LogP contribution < -0.4 is 0 Å². The predicted molar refractivity (Wildman–Crippen MR) is 121 cm³/mol. The molecule has 0 aromatic heterocycles. The van der Waals surface area contributed by atoms with E-state index in [2.05, 4.69) is 0 Å². The average molecular weight is 470 g/mol. The zero-order valence-corrected chi connectivity index (χ0v) is 20.4. The Hall–Kier alpha value is -1.67. The highest BCUT2D eigenvalue weighted by molar-refractivity contribution is 7.90. The number of sulfone groups is 1. The summed E-state index contributed by atoms with van der Waals surface area (Å²) in [5.41, 5.74) is 0.125. The number of hydrogen-bond acceptors (Lipinski definition) is 5. The van der Waals surface area contributed by atoms with Crippen LogP contribution in [-0.4, -0.2) is 57.1 Å². The molecule has 8 heteroatoms. The van der Waals surface area contributed by atoms with Gasteiger partial charge in [-0.1, -0.05) is 6.07 Å². The Bertz CT molecular complexity index is 895. The minimum absolute atomic E-state index is 0.0217. The summed E-state index contributed by atoms with van der Waals surface area (Å²) in [7, 11) is -3.40. The molecule has 0 spiro atoms. The van der Waals surface area contributed by atoms with Gasteiger partial charge in [0.2, 0.25) is 0 Å². The monoisotopic (exact) mass is 469 g/mol. The molecule has 180 valence electrons. The molecular formula is C24H36FNO5S. The standard InChI is InChI=1S/C24H36FNO5S/c1-24(2,3)31-23(27)26-13-11-17(12-14-26)16-30-19-7-5-18(6-8-19)21-10-9-20(15-22(21)25)32(4,28)29/h9-10,15,17-19H,5-8,11-14,16H2,1-4H3/t18-,19-. The molecular weight excluding hydrogens is 433 g/mol. The molecule has 1 aliphatic carbocycles. The van der Waals surface area contributed by atoms with Crippen LogP contribution in [0.1, 0.15) is 70.8 Å². The van der Waals surface area contributed by atoms with Gasteiger partial charge in [-0.3, -0.25) is 0 Å². The molecule has 0 bridgehead atoms. The van der Waals surface area contributed by atoms with Gasteiger partial charge in [-0.05, 0) is 88.8 Å². The molecule has 1 saturated heterocycles. The number of piperidine rings is 1. The van der Waals surface area contributed by atoms with Crippen LogP contribution in [0.15, 0.2) is 23.1 Å². The van der Waals surface area contributed by atoms with E-state index in [0.717, 1.165) is 50.8 Å². The van der Waals surface area contributed by atoms with Crippen LogP contribution in [-0.2, 0) is 19.3 Å². The van der Waals surface area contributed by atoms with E-state index in [1.807, 2.05) is 20.8 Å². The van der Waals surface area contributed by atoms with E-state index in [-0.39, 0.29) is 23.0 Å². The van der Waals surface area contributed by atoms with E-state index in [4.69, 9.17) is 9.47 Å². The van der Waals surface area contributed by atoms with E-state index < -0.39 is 21.3 Å². The summed E-state index contributed by atoms with van der Waals surface area (Å²) in [5.74, 6) is 0.0990. The number of halogens is 1. The summed E-state index contributed by atoms with van der Waals surface area (Å²) in [4.78, 5) is 14.0. The lowest BCUT2D eigenvalue weighted by atomic mass is 9.82. The van der Waals surface area contributed by atoms with Crippen LogP contribution in [0.5, 0.6) is 0 Å². The maximum Gasteiger partial charge on any atom is 0.410 e. The number of nitrogens with zero attached hydrogens (tertiary/aromatic N) is 1. The van der Waals surface area contributed by atoms with Crippen molar-refractivity contribution in [2.45, 2.75) is 81.8 Å². The Morgan fingerprint density at radius 2 is 1.72 bits per heavy atom. The van der Waals surface area contributed by atoms with Gasteiger partial charge >= 0.3 is 6.09 Å². The molecule has 1 saturated carbocycles. The lowest BCUT2D eigenvalue weighted by molar-refractivity contribution is -0.0144. The number of amides is 1. The highest BCUT2D eigenvalue weighted by Crippen LogP contribution is 2.36. The SMILES string of the molecule is CC(C)(C)OC(=O)N1CCC(CO[C@H]2CC[C@H](c3ccc(S(C)(=O)=O)cc3F)CC2)CC1. The summed E-state index contributed by atoms with van der Waals surface area (Å²) >= 11 is 0. The number of hydrogen-bond donors (Lipinski definition) is 0. The van der Waals surface area contributed by atoms with Gasteiger partial charge in [0.25, 0.3) is 0 Å². The summed E-state index contributed by atoms with van der Waals surface area (Å²) in [6, 6.07) is 4.26. The molecule has 1 heterocycles. The first-order valence-corrected chi connectivity index (χ1v) is 13.4. The van der Waals surface area contributed by atoms with Crippen molar-refractivity contribution < 1.29 is 27.1 Å². The largest absolute Gasteiger partial charge is 0.444 e. The van der Waals surface area contributed by atoms with Gasteiger partial charge in [-0.15, -0.1) is 0 Å². The van der Waals surface area contributed by atoms with Crippen LogP contribution in [0.3, 0.4) is 0 Å². The molecule has 32 heavy (non-hydrogen) atoms. The van der Waals surface area contributed by atoms with E-state index >= 15 is 0 Å². The first kappa shape index (κ1) is 25.0. The van der Waals surface area contributed by atoms with Crippen molar-refractivity contribution in [2.24, 2.45) is 5.92 Å². The van der Waals surface area contributed by atoms with E-state index in [9.17, 15) is 17.6 Å². The van der Waals surface area contributed by atoms with Crippen molar-refractivity contribution in [3.8, 4) is 0 Å². The molecule has 1 aliphatic heterocycles. The molecule has 1 aromatic carbocycles. The molecule has 0 unspecified atom stereocenters. The molecule has 2 fully saturated rings. The second-order valence-electron chi connectivity index (χ2n) is 10.2. The number of benzene rings is 1. The second kappa shape index (κ2) is 10.1. The second-order valence-corrected chi connectivity index (χ2v) is 12.2. The zero-order chi connectivity index (χ0) is 23.5. The van der Waals surface area contributed by atoms with Crippen molar-refractivity contribution in [1.82, 2.24) is 4.90 Å². The topological polar surface area (TPSA) is 72.9 Å². The molecule has 3 rings (SSSR count). The van der Waals surface area contributed by atoms with Gasteiger partial charge in [-0.25, -0.2) is 17.6 Å². The summed E-state index contributed by atoms with van der Waals surface area (Å²) in [5, 5.41) is 0. The summed E-state index contributed by atoms with van der Waals surface area (Å²) in [6.45, 7) is 7.70. The van der Waals surface area contributed by atoms with Crippen LogP contribution in [0, 0.1) is 11.7 Å². The summed E-state index contributed by atoms with van der Waals surface area (Å²) < 4.78 is 49.3. The Balaban J connectivity index is 1.40. The molecule has 1 amide bonds. The minimum atomic E-state index is -3.40. The lowest BCUT2D eigenvalue weighted by Crippen LogP contribution is -2.42. The van der Waals surface area contributed by atoms with E-state index in [0.29, 0.717) is 31.2 Å². The molecule has 2 aliphatic rings. The van der Waals surface area contributed by atoms with Crippen molar-refractivity contribution >= 4 is 15.9 Å². The fourth-order valence-corrected chi connectivity index (χ4v) is 5.12. The van der Waals surface area contributed by atoms with Gasteiger partial charge in [-0.2, -0.15) is 0 Å². The van der Waals surface area contributed by atoms with Crippen LogP contribution in [0.25, 0.3) is 0 Å². The summed E-state index contributed by atoms with van der Waals surface area (Å²) in [6.07, 6.45) is 6.24. The fraction of sp³-hybridized carbons (Fsp3) is 0.708. The Labute approximate surface area is 191 Å². The van der Waals surface area contributed by atoms with Gasteiger partial charge < -0.3 is 14.4 Å². The predicted octanol–water partition coefficient (Wildman–Crippen LogP) is 4.92. The maximum atomic E-state index is 14.5. The maximum absolute atomic E-state index is 14.5. The van der Waals surface area contributed by atoms with E-state index in [1.165, 1.54) is 6.07 Å². The van der Waals surface area contributed by atoms with E-state index in [1.54, 1.807) is 11.0 Å². The van der Waals surface area contributed by atoms with Crippen LogP contribution >= 0.6 is 0 Å². The fourth-order valence-electron chi connectivity index (χ4n) is 4.49. The van der Waals surface area contributed by atoms with Crippen LogP contribution in [0.2, 0.25) is 0 Å². The van der Waals surface area contributed by atoms with Gasteiger partial charge in [0, 0.05) is 26.0 Å². The smallest absolute Gasteiger partial charge is 0.410 e. The first-order valence-electron chi connectivity index (χ1n) is 11.5. The lowest BCUT2D eigenvalue weighted by Gasteiger charge is -2.34. The number of likely N-dealkylation sites (tertiary alicyclic amines) is 1. The number of ether oxygens (including phenoxy) is 2. The molecule has 1 aromatic rings. The average Bonchev–Trinajstić information content (AvgIpc) is 2.71. The minimum Gasteiger partial charge on any atom is -0.444 e. The van der Waals surface area contributed by atoms with Gasteiger partial charge in [0.15, 0.2) is 9.84 Å². The number of carbonyl (C=O) groups excluding carboxylic acids is 1. The first-order chi connectivity index (χ1) is 14.9. The van der Waals surface area contributed by atoms with Gasteiger partial charge in [0.05, 0.1) is 11.0 Å². The molecule has 0 N–H and O–H groups in total. The third kappa shape index (κ3) is 6.91. The number of carbonyl (C=O) groups is 1. The van der Waals surface area contributed by atoms with Gasteiger partial charge in [0.1, 0.15) is 11.4 Å². The molecule has 0 radical (unpaired) electrons. The highest BCUT2D eigenvalue weighted by Gasteiger charge is 2.29. The zero-order valence-electron chi connectivity index (χ0n) is 19.6. The van der Waals surface area contributed by atoms with Crippen molar-refractivity contribution in [3.05, 3.63) is 29.6 Å². The molecule has 0 atom stereocenters. The van der Waals surface area contributed by atoms with Crippen molar-refractivity contribution in [3.63, 3.8) is 0 Å². The third-order valence-electron chi connectivity index (χ3n) is 6.35. The molecule has 6 nitrogen and oxygen atoms in total.